The van der Waals surface area contributed by atoms with Crippen molar-refractivity contribution in [1.29, 1.82) is 0 Å². The van der Waals surface area contributed by atoms with Gasteiger partial charge in [-0.2, -0.15) is 0 Å². The number of nitrogens with one attached hydrogen (secondary N) is 2. The fourth-order valence-corrected chi connectivity index (χ4v) is 2.48. The molecule has 1 unspecified atom stereocenters. The van der Waals surface area contributed by atoms with E-state index in [4.69, 9.17) is 5.73 Å². The standard InChI is InChI=1S/C14H21N3O2S/c1-2-12(14(19)16-9-8-15)20-10-13(18)17-11-6-4-3-5-7-11/h3-7,12H,2,8-10,15H2,1H3,(H,16,19)(H,17,18). The van der Waals surface area contributed by atoms with E-state index < -0.39 is 0 Å². The molecule has 0 fully saturated rings. The molecule has 110 valence electrons. The van der Waals surface area contributed by atoms with Crippen molar-refractivity contribution in [1.82, 2.24) is 5.32 Å². The molecule has 6 heteroatoms. The average molecular weight is 295 g/mol. The van der Waals surface area contributed by atoms with E-state index in [1.807, 2.05) is 37.3 Å². The van der Waals surface area contributed by atoms with Gasteiger partial charge in [0, 0.05) is 18.8 Å². The van der Waals surface area contributed by atoms with Gasteiger partial charge in [-0.25, -0.2) is 0 Å². The van der Waals surface area contributed by atoms with E-state index >= 15 is 0 Å². The van der Waals surface area contributed by atoms with Gasteiger partial charge in [0.25, 0.3) is 0 Å². The summed E-state index contributed by atoms with van der Waals surface area (Å²) in [6, 6.07) is 9.26. The van der Waals surface area contributed by atoms with Crippen LogP contribution < -0.4 is 16.4 Å². The summed E-state index contributed by atoms with van der Waals surface area (Å²) in [6.07, 6.45) is 0.680. The second-order valence-corrected chi connectivity index (χ2v) is 5.39. The van der Waals surface area contributed by atoms with Crippen molar-refractivity contribution in [3.8, 4) is 0 Å². The third kappa shape index (κ3) is 6.08. The summed E-state index contributed by atoms with van der Waals surface area (Å²) in [5.74, 6) is 0.0884. The molecular formula is C14H21N3O2S. The van der Waals surface area contributed by atoms with Crippen molar-refractivity contribution >= 4 is 29.3 Å². The molecule has 0 bridgehead atoms. The van der Waals surface area contributed by atoms with Crippen LogP contribution in [0, 0.1) is 0 Å². The van der Waals surface area contributed by atoms with Crippen LogP contribution in [0.5, 0.6) is 0 Å². The Labute approximate surface area is 123 Å². The molecule has 4 N–H and O–H groups in total. The van der Waals surface area contributed by atoms with Gasteiger partial charge in [-0.1, -0.05) is 25.1 Å². The summed E-state index contributed by atoms with van der Waals surface area (Å²) in [5.41, 5.74) is 6.10. The lowest BCUT2D eigenvalue weighted by molar-refractivity contribution is -0.120. The van der Waals surface area contributed by atoms with Crippen molar-refractivity contribution in [3.05, 3.63) is 30.3 Å². The van der Waals surface area contributed by atoms with Gasteiger partial charge in [0.15, 0.2) is 0 Å². The van der Waals surface area contributed by atoms with Gasteiger partial charge < -0.3 is 16.4 Å². The molecule has 0 spiro atoms. The summed E-state index contributed by atoms with van der Waals surface area (Å²) in [4.78, 5) is 23.6. The molecule has 0 aromatic heterocycles. The van der Waals surface area contributed by atoms with Gasteiger partial charge in [-0.05, 0) is 18.6 Å². The molecule has 1 atom stereocenters. The van der Waals surface area contributed by atoms with Crippen LogP contribution in [0.3, 0.4) is 0 Å². The summed E-state index contributed by atoms with van der Waals surface area (Å²) in [6.45, 7) is 2.81. The van der Waals surface area contributed by atoms with E-state index in [1.54, 1.807) is 0 Å². The molecule has 1 aromatic carbocycles. The van der Waals surface area contributed by atoms with E-state index in [0.29, 0.717) is 19.5 Å². The van der Waals surface area contributed by atoms with Gasteiger partial charge in [-0.15, -0.1) is 11.8 Å². The minimum atomic E-state index is -0.219. The Balaban J connectivity index is 2.36. The molecule has 0 aliphatic rings. The normalized spacial score (nSPS) is 11.7. The van der Waals surface area contributed by atoms with E-state index in [0.717, 1.165) is 5.69 Å². The number of benzene rings is 1. The van der Waals surface area contributed by atoms with E-state index in [9.17, 15) is 9.59 Å². The molecular weight excluding hydrogens is 274 g/mol. The molecule has 1 rings (SSSR count). The zero-order chi connectivity index (χ0) is 14.8. The zero-order valence-electron chi connectivity index (χ0n) is 11.6. The first kappa shape index (κ1) is 16.5. The highest BCUT2D eigenvalue weighted by molar-refractivity contribution is 8.01. The van der Waals surface area contributed by atoms with Gasteiger partial charge in [0.05, 0.1) is 11.0 Å². The maximum absolute atomic E-state index is 11.8. The largest absolute Gasteiger partial charge is 0.354 e. The van der Waals surface area contributed by atoms with Crippen LogP contribution in [0.15, 0.2) is 30.3 Å². The second-order valence-electron chi connectivity index (χ2n) is 4.20. The highest BCUT2D eigenvalue weighted by Crippen LogP contribution is 2.15. The first-order valence-electron chi connectivity index (χ1n) is 6.61. The molecule has 0 radical (unpaired) electrons. The number of hydrogen-bond donors (Lipinski definition) is 3. The number of thioether (sulfide) groups is 1. The minimum absolute atomic E-state index is 0.0598. The van der Waals surface area contributed by atoms with Crippen LogP contribution in [0.4, 0.5) is 5.69 Å². The molecule has 0 aliphatic carbocycles. The van der Waals surface area contributed by atoms with Crippen molar-refractivity contribution in [3.63, 3.8) is 0 Å². The molecule has 0 heterocycles. The number of carbonyl (C=O) groups is 2. The lowest BCUT2D eigenvalue weighted by Crippen LogP contribution is -2.36. The number of amides is 2. The third-order valence-electron chi connectivity index (χ3n) is 2.58. The fourth-order valence-electron chi connectivity index (χ4n) is 1.58. The second kappa shape index (κ2) is 9.39. The number of rotatable bonds is 8. The molecule has 20 heavy (non-hydrogen) atoms. The number of anilines is 1. The predicted octanol–water partition coefficient (Wildman–Crippen LogP) is 1.21. The average Bonchev–Trinajstić information content (AvgIpc) is 2.46. The topological polar surface area (TPSA) is 84.2 Å². The molecule has 0 saturated carbocycles. The van der Waals surface area contributed by atoms with Gasteiger partial charge in [0.2, 0.25) is 11.8 Å². The Morgan fingerprint density at radius 1 is 1.30 bits per heavy atom. The molecule has 1 aromatic rings. The monoisotopic (exact) mass is 295 g/mol. The van der Waals surface area contributed by atoms with Crippen LogP contribution in [-0.4, -0.2) is 35.9 Å². The summed E-state index contributed by atoms with van der Waals surface area (Å²) < 4.78 is 0. The van der Waals surface area contributed by atoms with Gasteiger partial charge in [-0.3, -0.25) is 9.59 Å². The number of para-hydroxylation sites is 1. The molecule has 0 aliphatic heterocycles. The Hall–Kier alpha value is -1.53. The number of hydrogen-bond acceptors (Lipinski definition) is 4. The van der Waals surface area contributed by atoms with E-state index in [-0.39, 0.29) is 22.8 Å². The minimum Gasteiger partial charge on any atom is -0.354 e. The Bertz CT molecular complexity index is 426. The summed E-state index contributed by atoms with van der Waals surface area (Å²) >= 11 is 1.34. The van der Waals surface area contributed by atoms with Gasteiger partial charge in [0.1, 0.15) is 0 Å². The van der Waals surface area contributed by atoms with Gasteiger partial charge >= 0.3 is 0 Å². The van der Waals surface area contributed by atoms with E-state index in [1.165, 1.54) is 11.8 Å². The van der Waals surface area contributed by atoms with Crippen LogP contribution in [0.2, 0.25) is 0 Å². The maximum Gasteiger partial charge on any atom is 0.234 e. The van der Waals surface area contributed by atoms with Crippen LogP contribution in [-0.2, 0) is 9.59 Å². The van der Waals surface area contributed by atoms with Crippen molar-refractivity contribution in [2.75, 3.05) is 24.2 Å². The lowest BCUT2D eigenvalue weighted by atomic mass is 10.3. The number of nitrogens with two attached hydrogens (primary N) is 1. The maximum atomic E-state index is 11.8. The van der Waals surface area contributed by atoms with Crippen molar-refractivity contribution < 1.29 is 9.59 Å². The fraction of sp³-hybridized carbons (Fsp3) is 0.429. The smallest absolute Gasteiger partial charge is 0.234 e. The number of carbonyl (C=O) groups excluding carboxylic acids is 2. The summed E-state index contributed by atoms with van der Waals surface area (Å²) in [5, 5.41) is 5.31. The molecule has 5 nitrogen and oxygen atoms in total. The van der Waals surface area contributed by atoms with Crippen LogP contribution in [0.1, 0.15) is 13.3 Å². The van der Waals surface area contributed by atoms with Crippen molar-refractivity contribution in [2.24, 2.45) is 5.73 Å². The van der Waals surface area contributed by atoms with E-state index in [2.05, 4.69) is 10.6 Å². The summed E-state index contributed by atoms with van der Waals surface area (Å²) in [7, 11) is 0. The lowest BCUT2D eigenvalue weighted by Gasteiger charge is -2.14. The highest BCUT2D eigenvalue weighted by atomic mass is 32.2. The predicted molar refractivity (Wildman–Crippen MR) is 83.7 cm³/mol. The zero-order valence-corrected chi connectivity index (χ0v) is 12.4. The Morgan fingerprint density at radius 2 is 2.00 bits per heavy atom. The van der Waals surface area contributed by atoms with Crippen LogP contribution >= 0.6 is 11.8 Å². The SMILES string of the molecule is CCC(SCC(=O)Nc1ccccc1)C(=O)NCCN. The Morgan fingerprint density at radius 3 is 2.60 bits per heavy atom. The highest BCUT2D eigenvalue weighted by Gasteiger charge is 2.17. The molecule has 2 amide bonds. The quantitative estimate of drug-likeness (QED) is 0.673. The molecule has 0 saturated heterocycles. The van der Waals surface area contributed by atoms with Crippen LogP contribution in [0.25, 0.3) is 0 Å². The van der Waals surface area contributed by atoms with Crippen molar-refractivity contribution in [2.45, 2.75) is 18.6 Å². The first-order valence-corrected chi connectivity index (χ1v) is 7.66. The Kier molecular flexibility index (Phi) is 7.75. The third-order valence-corrected chi connectivity index (χ3v) is 3.96. The first-order chi connectivity index (χ1) is 9.67.